The number of aliphatic hydroxyl groups excluding tert-OH is 1. The van der Waals surface area contributed by atoms with E-state index in [1.807, 2.05) is 30.3 Å². The van der Waals surface area contributed by atoms with E-state index in [0.29, 0.717) is 6.42 Å². The highest BCUT2D eigenvalue weighted by molar-refractivity contribution is 5.77. The first-order chi connectivity index (χ1) is 10.5. The van der Waals surface area contributed by atoms with Crippen LogP contribution in [0.5, 0.6) is 0 Å². The average molecular weight is 294 g/mol. The lowest BCUT2D eigenvalue weighted by Crippen LogP contribution is -2.28. The minimum absolute atomic E-state index is 0.210. The summed E-state index contributed by atoms with van der Waals surface area (Å²) in [6.45, 7) is 1.73. The molecule has 3 nitrogen and oxygen atoms in total. The van der Waals surface area contributed by atoms with E-state index in [1.54, 1.807) is 6.92 Å². The number of esters is 1. The van der Waals surface area contributed by atoms with Crippen molar-refractivity contribution in [3.63, 3.8) is 0 Å². The molecule has 0 amide bonds. The molecule has 3 heteroatoms. The number of benzene rings is 1. The lowest BCUT2D eigenvalue weighted by Gasteiger charge is -2.21. The highest BCUT2D eigenvalue weighted by atomic mass is 16.5. The Balaban J connectivity index is 2.84. The maximum Gasteiger partial charge on any atom is 0.313 e. The van der Waals surface area contributed by atoms with Crippen molar-refractivity contribution in [3.8, 4) is 36.0 Å². The van der Waals surface area contributed by atoms with Crippen molar-refractivity contribution in [1.82, 2.24) is 0 Å². The third kappa shape index (κ3) is 5.37. The van der Waals surface area contributed by atoms with E-state index in [9.17, 15) is 9.90 Å². The molecule has 112 valence electrons. The van der Waals surface area contributed by atoms with Gasteiger partial charge in [-0.2, -0.15) is 0 Å². The van der Waals surface area contributed by atoms with Gasteiger partial charge < -0.3 is 9.84 Å². The van der Waals surface area contributed by atoms with Gasteiger partial charge in [0, 0.05) is 18.4 Å². The van der Waals surface area contributed by atoms with E-state index < -0.39 is 11.5 Å². The summed E-state index contributed by atoms with van der Waals surface area (Å²) in [5.41, 5.74) is 0.0150. The number of ether oxygens (including phenoxy) is 1. The van der Waals surface area contributed by atoms with Crippen LogP contribution in [0.2, 0.25) is 0 Å². The lowest BCUT2D eigenvalue weighted by molar-refractivity contribution is -0.151. The zero-order valence-electron chi connectivity index (χ0n) is 12.7. The van der Waals surface area contributed by atoms with Crippen LogP contribution in [0.4, 0.5) is 0 Å². The van der Waals surface area contributed by atoms with Crippen molar-refractivity contribution < 1.29 is 14.6 Å². The molecule has 0 heterocycles. The molecule has 1 N–H and O–H groups in total. The van der Waals surface area contributed by atoms with Crippen LogP contribution in [0.1, 0.15) is 25.3 Å². The van der Waals surface area contributed by atoms with E-state index in [0.717, 1.165) is 5.56 Å². The summed E-state index contributed by atoms with van der Waals surface area (Å²) in [7, 11) is 1.33. The van der Waals surface area contributed by atoms with Gasteiger partial charge in [-0.15, -0.1) is 6.42 Å². The van der Waals surface area contributed by atoms with Gasteiger partial charge in [0.15, 0.2) is 6.10 Å². The molecular weight excluding hydrogens is 276 g/mol. The number of hydrogen-bond acceptors (Lipinski definition) is 3. The van der Waals surface area contributed by atoms with Gasteiger partial charge in [0.05, 0.1) is 12.5 Å². The van der Waals surface area contributed by atoms with Gasteiger partial charge in [-0.25, -0.2) is 0 Å². The topological polar surface area (TPSA) is 46.5 Å². The molecule has 0 saturated carbocycles. The van der Waals surface area contributed by atoms with Crippen molar-refractivity contribution in [2.75, 3.05) is 7.11 Å². The summed E-state index contributed by atoms with van der Waals surface area (Å²) in [6.07, 6.45) is 4.42. The number of carbonyl (C=O) groups excluding carboxylic acids is 1. The molecule has 2 unspecified atom stereocenters. The van der Waals surface area contributed by atoms with E-state index in [-0.39, 0.29) is 12.4 Å². The Morgan fingerprint density at radius 3 is 2.55 bits per heavy atom. The van der Waals surface area contributed by atoms with Crippen LogP contribution in [0.3, 0.4) is 0 Å². The highest BCUT2D eigenvalue weighted by Gasteiger charge is 2.32. The molecule has 1 aromatic rings. The highest BCUT2D eigenvalue weighted by Crippen LogP contribution is 2.26. The zero-order chi connectivity index (χ0) is 16.4. The van der Waals surface area contributed by atoms with Gasteiger partial charge in [0.2, 0.25) is 0 Å². The van der Waals surface area contributed by atoms with Crippen LogP contribution < -0.4 is 0 Å². The molecule has 22 heavy (non-hydrogen) atoms. The van der Waals surface area contributed by atoms with E-state index in [1.165, 1.54) is 7.11 Å². The fraction of sp³-hybridized carbons (Fsp3) is 0.316. The van der Waals surface area contributed by atoms with Crippen molar-refractivity contribution in [1.29, 1.82) is 0 Å². The molecule has 0 aliphatic rings. The quantitative estimate of drug-likeness (QED) is 0.685. The SMILES string of the molecule is C#CC(O)C#CCC(C)(CC#Cc1ccccc1)C(=O)OC. The molecule has 1 aromatic carbocycles. The Hall–Kier alpha value is -2.67. The molecule has 0 aliphatic heterocycles. The number of aliphatic hydroxyl groups is 1. The molecule has 0 aromatic heterocycles. The summed E-state index contributed by atoms with van der Waals surface area (Å²) in [5, 5.41) is 9.22. The number of rotatable bonds is 3. The predicted molar refractivity (Wildman–Crippen MR) is 85.3 cm³/mol. The first-order valence-corrected chi connectivity index (χ1v) is 6.77. The lowest BCUT2D eigenvalue weighted by atomic mass is 9.83. The summed E-state index contributed by atoms with van der Waals surface area (Å²) >= 11 is 0. The average Bonchev–Trinajstić information content (AvgIpc) is 2.54. The van der Waals surface area contributed by atoms with E-state index >= 15 is 0 Å². The van der Waals surface area contributed by atoms with Gasteiger partial charge in [0.25, 0.3) is 0 Å². The second kappa shape index (κ2) is 8.58. The molecule has 0 radical (unpaired) electrons. The third-order valence-corrected chi connectivity index (χ3v) is 3.04. The molecule has 0 fully saturated rings. The van der Waals surface area contributed by atoms with Crippen LogP contribution in [0, 0.1) is 41.4 Å². The Morgan fingerprint density at radius 2 is 1.95 bits per heavy atom. The second-order valence-corrected chi connectivity index (χ2v) is 4.96. The standard InChI is InChI=1S/C19H18O3/c1-4-17(20)13-9-15-19(2,18(21)22-3)14-8-12-16-10-6-5-7-11-16/h1,5-7,10-11,17,20H,14-15H2,2-3H3. The summed E-state index contributed by atoms with van der Waals surface area (Å²) in [4.78, 5) is 12.0. The van der Waals surface area contributed by atoms with Crippen molar-refractivity contribution >= 4 is 5.97 Å². The molecule has 2 atom stereocenters. The summed E-state index contributed by atoms with van der Waals surface area (Å²) in [5.74, 6) is 12.9. The Kier molecular flexibility index (Phi) is 6.78. The fourth-order valence-electron chi connectivity index (χ4n) is 1.70. The van der Waals surface area contributed by atoms with Crippen LogP contribution in [0.15, 0.2) is 30.3 Å². The third-order valence-electron chi connectivity index (χ3n) is 3.04. The molecule has 0 aliphatic carbocycles. The van der Waals surface area contributed by atoms with Crippen LogP contribution >= 0.6 is 0 Å². The van der Waals surface area contributed by atoms with E-state index in [2.05, 4.69) is 29.6 Å². The molecule has 0 spiro atoms. The predicted octanol–water partition coefficient (Wildman–Crippen LogP) is 2.00. The van der Waals surface area contributed by atoms with Gasteiger partial charge >= 0.3 is 5.97 Å². The first-order valence-electron chi connectivity index (χ1n) is 6.77. The van der Waals surface area contributed by atoms with Gasteiger partial charge in [-0.05, 0) is 19.1 Å². The second-order valence-electron chi connectivity index (χ2n) is 4.96. The van der Waals surface area contributed by atoms with Crippen molar-refractivity contribution in [2.45, 2.75) is 25.9 Å². The van der Waals surface area contributed by atoms with Gasteiger partial charge in [0.1, 0.15) is 0 Å². The van der Waals surface area contributed by atoms with Gasteiger partial charge in [-0.3, -0.25) is 4.79 Å². The Morgan fingerprint density at radius 1 is 1.32 bits per heavy atom. The smallest absolute Gasteiger partial charge is 0.313 e. The number of carbonyl (C=O) groups is 1. The number of hydrogen-bond donors (Lipinski definition) is 1. The Labute approximate surface area is 131 Å². The van der Waals surface area contributed by atoms with Crippen LogP contribution in [-0.4, -0.2) is 24.3 Å². The normalized spacial score (nSPS) is 13.2. The van der Waals surface area contributed by atoms with Crippen LogP contribution in [-0.2, 0) is 9.53 Å². The maximum absolute atomic E-state index is 12.0. The Bertz CT molecular complexity index is 662. The molecule has 1 rings (SSSR count). The zero-order valence-corrected chi connectivity index (χ0v) is 12.7. The van der Waals surface area contributed by atoms with Crippen molar-refractivity contribution in [3.05, 3.63) is 35.9 Å². The van der Waals surface area contributed by atoms with E-state index in [4.69, 9.17) is 11.2 Å². The largest absolute Gasteiger partial charge is 0.469 e. The van der Waals surface area contributed by atoms with Gasteiger partial charge in [-0.1, -0.05) is 47.8 Å². The fourth-order valence-corrected chi connectivity index (χ4v) is 1.70. The number of terminal acetylenes is 1. The number of methoxy groups -OCH3 is 1. The molecular formula is C19H18O3. The first kappa shape index (κ1) is 17.4. The molecule has 0 saturated heterocycles. The monoisotopic (exact) mass is 294 g/mol. The maximum atomic E-state index is 12.0. The minimum Gasteiger partial charge on any atom is -0.469 e. The summed E-state index contributed by atoms with van der Waals surface area (Å²) in [6, 6.07) is 9.50. The molecule has 0 bridgehead atoms. The summed E-state index contributed by atoms with van der Waals surface area (Å²) < 4.78 is 4.82. The minimum atomic E-state index is -1.13. The van der Waals surface area contributed by atoms with Crippen molar-refractivity contribution in [2.24, 2.45) is 5.41 Å². The van der Waals surface area contributed by atoms with Crippen LogP contribution in [0.25, 0.3) is 0 Å².